The van der Waals surface area contributed by atoms with Crippen molar-refractivity contribution in [2.45, 2.75) is 26.7 Å². The number of carbonyl (C=O) groups excluding carboxylic acids is 2. The number of nitrogens with one attached hydrogen (secondary N) is 2. The zero-order valence-electron chi connectivity index (χ0n) is 16.1. The molecule has 148 valence electrons. The molecular weight excluding hydrogens is 390 g/mol. The Labute approximate surface area is 173 Å². The molecule has 3 aromatic rings. The van der Waals surface area contributed by atoms with Crippen molar-refractivity contribution < 1.29 is 9.59 Å². The molecule has 1 aliphatic rings. The van der Waals surface area contributed by atoms with Gasteiger partial charge in [0, 0.05) is 23.0 Å². The Hall–Kier alpha value is -3.19. The van der Waals surface area contributed by atoms with Crippen LogP contribution in [0.25, 0.3) is 5.82 Å². The second-order valence-corrected chi connectivity index (χ2v) is 7.54. The first-order valence-electron chi connectivity index (χ1n) is 9.33. The second kappa shape index (κ2) is 7.67. The van der Waals surface area contributed by atoms with E-state index in [1.807, 2.05) is 19.9 Å². The van der Waals surface area contributed by atoms with Gasteiger partial charge in [-0.3, -0.25) is 9.59 Å². The summed E-state index contributed by atoms with van der Waals surface area (Å²) in [6.45, 7) is 3.81. The standard InChI is InChI=1S/C21H20ClN5O2/c1-12-10-13(2)27(26-12)18-9-8-17(22)19(25-18)21(29)24-16-5-3-4-15(11-16)23-20(28)14-6-7-14/h3-5,8-11,14H,6-7H2,1-2H3,(H,23,28)(H,24,29). The number of nitrogens with zero attached hydrogens (tertiary/aromatic N) is 3. The number of hydrogen-bond acceptors (Lipinski definition) is 4. The number of halogens is 1. The minimum atomic E-state index is -0.441. The number of carbonyl (C=O) groups is 2. The van der Waals surface area contributed by atoms with Crippen molar-refractivity contribution in [3.05, 3.63) is 64.6 Å². The van der Waals surface area contributed by atoms with Gasteiger partial charge in [0.2, 0.25) is 5.91 Å². The predicted octanol–water partition coefficient (Wildman–Crippen LogP) is 4.14. The first-order chi connectivity index (χ1) is 13.9. The van der Waals surface area contributed by atoms with E-state index in [0.717, 1.165) is 24.2 Å². The third kappa shape index (κ3) is 4.30. The van der Waals surface area contributed by atoms with Crippen LogP contribution in [0, 0.1) is 19.8 Å². The fourth-order valence-electron chi connectivity index (χ4n) is 3.02. The van der Waals surface area contributed by atoms with Gasteiger partial charge in [0.15, 0.2) is 5.82 Å². The highest BCUT2D eigenvalue weighted by atomic mass is 35.5. The minimum absolute atomic E-state index is 0.00998. The van der Waals surface area contributed by atoms with Gasteiger partial charge in [-0.15, -0.1) is 0 Å². The van der Waals surface area contributed by atoms with Crippen LogP contribution >= 0.6 is 11.6 Å². The van der Waals surface area contributed by atoms with Crippen molar-refractivity contribution in [2.24, 2.45) is 5.92 Å². The predicted molar refractivity (Wildman–Crippen MR) is 112 cm³/mol. The van der Waals surface area contributed by atoms with E-state index in [4.69, 9.17) is 11.6 Å². The second-order valence-electron chi connectivity index (χ2n) is 7.14. The van der Waals surface area contributed by atoms with Gasteiger partial charge < -0.3 is 10.6 Å². The third-order valence-electron chi connectivity index (χ3n) is 4.61. The van der Waals surface area contributed by atoms with Crippen LogP contribution in [0.1, 0.15) is 34.7 Å². The molecule has 0 bridgehead atoms. The largest absolute Gasteiger partial charge is 0.326 e. The summed E-state index contributed by atoms with van der Waals surface area (Å²) in [7, 11) is 0. The Bertz CT molecular complexity index is 1100. The summed E-state index contributed by atoms with van der Waals surface area (Å²) in [5, 5.41) is 10.3. The van der Waals surface area contributed by atoms with Crippen molar-refractivity contribution in [1.82, 2.24) is 14.8 Å². The zero-order chi connectivity index (χ0) is 20.5. The van der Waals surface area contributed by atoms with Crippen LogP contribution < -0.4 is 10.6 Å². The van der Waals surface area contributed by atoms with Crippen LogP contribution in [-0.2, 0) is 4.79 Å². The van der Waals surface area contributed by atoms with E-state index >= 15 is 0 Å². The number of benzene rings is 1. The molecule has 0 spiro atoms. The highest BCUT2D eigenvalue weighted by molar-refractivity contribution is 6.34. The molecule has 2 N–H and O–H groups in total. The molecule has 8 heteroatoms. The van der Waals surface area contributed by atoms with Gasteiger partial charge in [-0.05, 0) is 63.1 Å². The van der Waals surface area contributed by atoms with Gasteiger partial charge in [0.25, 0.3) is 5.91 Å². The van der Waals surface area contributed by atoms with Crippen LogP contribution in [0.15, 0.2) is 42.5 Å². The number of hydrogen-bond donors (Lipinski definition) is 2. The average molecular weight is 410 g/mol. The zero-order valence-corrected chi connectivity index (χ0v) is 16.8. The molecule has 2 aromatic heterocycles. The molecule has 0 unspecified atom stereocenters. The number of amides is 2. The van der Waals surface area contributed by atoms with Crippen LogP contribution in [-0.4, -0.2) is 26.6 Å². The average Bonchev–Trinajstić information content (AvgIpc) is 3.47. The Balaban J connectivity index is 1.54. The molecule has 2 amide bonds. The fraction of sp³-hybridized carbons (Fsp3) is 0.238. The lowest BCUT2D eigenvalue weighted by Crippen LogP contribution is -2.17. The summed E-state index contributed by atoms with van der Waals surface area (Å²) in [4.78, 5) is 29.1. The lowest BCUT2D eigenvalue weighted by atomic mass is 10.2. The van der Waals surface area contributed by atoms with Crippen molar-refractivity contribution in [3.8, 4) is 5.82 Å². The topological polar surface area (TPSA) is 88.9 Å². The van der Waals surface area contributed by atoms with Gasteiger partial charge in [-0.2, -0.15) is 5.10 Å². The van der Waals surface area contributed by atoms with Crippen molar-refractivity contribution in [2.75, 3.05) is 10.6 Å². The van der Waals surface area contributed by atoms with Crippen LogP contribution in [0.2, 0.25) is 5.02 Å². The number of aryl methyl sites for hydroxylation is 2. The van der Waals surface area contributed by atoms with E-state index in [2.05, 4.69) is 20.7 Å². The number of pyridine rings is 1. The van der Waals surface area contributed by atoms with Gasteiger partial charge in [0.05, 0.1) is 10.7 Å². The molecular formula is C21H20ClN5O2. The van der Waals surface area contributed by atoms with Crippen LogP contribution in [0.5, 0.6) is 0 Å². The Morgan fingerprint density at radius 2 is 1.79 bits per heavy atom. The van der Waals surface area contributed by atoms with Gasteiger partial charge in [-0.1, -0.05) is 17.7 Å². The maximum atomic E-state index is 12.8. The third-order valence-corrected chi connectivity index (χ3v) is 4.91. The van der Waals surface area contributed by atoms with E-state index in [1.165, 1.54) is 0 Å². The summed E-state index contributed by atoms with van der Waals surface area (Å²) in [5.74, 6) is 0.184. The normalized spacial score (nSPS) is 13.2. The Morgan fingerprint density at radius 1 is 1.07 bits per heavy atom. The minimum Gasteiger partial charge on any atom is -0.326 e. The van der Waals surface area contributed by atoms with Crippen molar-refractivity contribution >= 4 is 34.8 Å². The molecule has 7 nitrogen and oxygen atoms in total. The van der Waals surface area contributed by atoms with E-state index in [9.17, 15) is 9.59 Å². The molecule has 1 aromatic carbocycles. The Kier molecular flexibility index (Phi) is 5.07. The number of aromatic nitrogens is 3. The first-order valence-corrected chi connectivity index (χ1v) is 9.71. The lowest BCUT2D eigenvalue weighted by Gasteiger charge is -2.10. The van der Waals surface area contributed by atoms with E-state index in [1.54, 1.807) is 41.1 Å². The fourth-order valence-corrected chi connectivity index (χ4v) is 3.22. The SMILES string of the molecule is Cc1cc(C)n(-c2ccc(Cl)c(C(=O)Nc3cccc(NC(=O)C4CC4)c3)n2)n1. The maximum Gasteiger partial charge on any atom is 0.275 e. The van der Waals surface area contributed by atoms with Gasteiger partial charge in [-0.25, -0.2) is 9.67 Å². The molecule has 1 saturated carbocycles. The van der Waals surface area contributed by atoms with Crippen LogP contribution in [0.4, 0.5) is 11.4 Å². The molecule has 2 heterocycles. The summed E-state index contributed by atoms with van der Waals surface area (Å²) in [5.41, 5.74) is 3.04. The number of anilines is 2. The maximum absolute atomic E-state index is 12.8. The molecule has 29 heavy (non-hydrogen) atoms. The summed E-state index contributed by atoms with van der Waals surface area (Å²) >= 11 is 6.22. The molecule has 0 saturated heterocycles. The number of rotatable bonds is 5. The molecule has 1 aliphatic carbocycles. The quantitative estimate of drug-likeness (QED) is 0.662. The highest BCUT2D eigenvalue weighted by Crippen LogP contribution is 2.30. The monoisotopic (exact) mass is 409 g/mol. The molecule has 0 aliphatic heterocycles. The van der Waals surface area contributed by atoms with E-state index in [0.29, 0.717) is 17.2 Å². The Morgan fingerprint density at radius 3 is 2.45 bits per heavy atom. The molecule has 0 atom stereocenters. The summed E-state index contributed by atoms with van der Waals surface area (Å²) < 4.78 is 1.66. The molecule has 1 fully saturated rings. The van der Waals surface area contributed by atoms with E-state index < -0.39 is 5.91 Å². The van der Waals surface area contributed by atoms with Gasteiger partial charge in [0.1, 0.15) is 5.69 Å². The van der Waals surface area contributed by atoms with Crippen molar-refractivity contribution in [3.63, 3.8) is 0 Å². The van der Waals surface area contributed by atoms with Crippen LogP contribution in [0.3, 0.4) is 0 Å². The molecule has 4 rings (SSSR count). The highest BCUT2D eigenvalue weighted by Gasteiger charge is 2.29. The smallest absolute Gasteiger partial charge is 0.275 e. The van der Waals surface area contributed by atoms with E-state index in [-0.39, 0.29) is 22.5 Å². The summed E-state index contributed by atoms with van der Waals surface area (Å²) in [6.07, 6.45) is 1.86. The first kappa shape index (κ1) is 19.1. The lowest BCUT2D eigenvalue weighted by molar-refractivity contribution is -0.117. The summed E-state index contributed by atoms with van der Waals surface area (Å²) in [6, 6.07) is 12.3. The van der Waals surface area contributed by atoms with Gasteiger partial charge >= 0.3 is 0 Å². The van der Waals surface area contributed by atoms with Crippen molar-refractivity contribution in [1.29, 1.82) is 0 Å². The molecule has 0 radical (unpaired) electrons.